The van der Waals surface area contributed by atoms with Gasteiger partial charge in [-0.2, -0.15) is 0 Å². The van der Waals surface area contributed by atoms with Gasteiger partial charge in [0.1, 0.15) is 5.69 Å². The minimum Gasteiger partial charge on any atom is -0.466 e. The van der Waals surface area contributed by atoms with Gasteiger partial charge >= 0.3 is 5.97 Å². The molecule has 0 atom stereocenters. The largest absolute Gasteiger partial charge is 0.466 e. The Morgan fingerprint density at radius 1 is 1.56 bits per heavy atom. The molecule has 0 bridgehead atoms. The van der Waals surface area contributed by atoms with Gasteiger partial charge in [0.2, 0.25) is 0 Å². The van der Waals surface area contributed by atoms with Gasteiger partial charge in [0.25, 0.3) is 6.43 Å². The number of nitrogens with zero attached hydrogens (tertiary/aromatic N) is 1. The number of halogens is 3. The van der Waals surface area contributed by atoms with Crippen LogP contribution in [0.25, 0.3) is 0 Å². The topological polar surface area (TPSA) is 39.2 Å². The number of aromatic nitrogens is 1. The second-order valence-electron chi connectivity index (χ2n) is 2.95. The van der Waals surface area contributed by atoms with Gasteiger partial charge in [-0.05, 0) is 13.0 Å². The summed E-state index contributed by atoms with van der Waals surface area (Å²) in [5.41, 5.74) is -1.08. The van der Waals surface area contributed by atoms with E-state index in [1.165, 1.54) is 6.07 Å². The molecular formula is C10H10F3NO2. The Morgan fingerprint density at radius 3 is 2.81 bits per heavy atom. The average molecular weight is 233 g/mol. The number of hydrogen-bond acceptors (Lipinski definition) is 3. The molecule has 0 aliphatic rings. The highest BCUT2D eigenvalue weighted by molar-refractivity contribution is 5.72. The van der Waals surface area contributed by atoms with Crippen molar-refractivity contribution >= 4 is 5.97 Å². The molecule has 0 aliphatic carbocycles. The first-order valence-electron chi connectivity index (χ1n) is 4.63. The molecule has 1 aromatic heterocycles. The maximum Gasteiger partial charge on any atom is 0.310 e. The zero-order valence-electron chi connectivity index (χ0n) is 8.54. The van der Waals surface area contributed by atoms with Crippen LogP contribution in [-0.2, 0) is 16.0 Å². The fourth-order valence-electron chi connectivity index (χ4n) is 1.16. The van der Waals surface area contributed by atoms with E-state index in [9.17, 15) is 18.0 Å². The van der Waals surface area contributed by atoms with Gasteiger partial charge in [-0.25, -0.2) is 13.2 Å². The third-order valence-corrected chi connectivity index (χ3v) is 1.84. The Balaban J connectivity index is 2.89. The fourth-order valence-corrected chi connectivity index (χ4v) is 1.16. The van der Waals surface area contributed by atoms with Crippen molar-refractivity contribution in [3.8, 4) is 0 Å². The third kappa shape index (κ3) is 2.95. The lowest BCUT2D eigenvalue weighted by Crippen LogP contribution is -2.10. The maximum absolute atomic E-state index is 13.4. The molecule has 0 fully saturated rings. The Kier molecular flexibility index (Phi) is 4.28. The van der Waals surface area contributed by atoms with Crippen LogP contribution in [0.3, 0.4) is 0 Å². The van der Waals surface area contributed by atoms with Crippen LogP contribution in [0.5, 0.6) is 0 Å². The molecule has 0 aromatic carbocycles. The summed E-state index contributed by atoms with van der Waals surface area (Å²) in [5, 5.41) is 0. The number of alkyl halides is 2. The van der Waals surface area contributed by atoms with Gasteiger partial charge in [0.05, 0.1) is 13.0 Å². The van der Waals surface area contributed by atoms with E-state index >= 15 is 0 Å². The van der Waals surface area contributed by atoms with E-state index in [0.29, 0.717) is 0 Å². The third-order valence-electron chi connectivity index (χ3n) is 1.84. The number of pyridine rings is 1. The van der Waals surface area contributed by atoms with Crippen LogP contribution < -0.4 is 0 Å². The van der Waals surface area contributed by atoms with Crippen molar-refractivity contribution in [2.75, 3.05) is 6.61 Å². The van der Waals surface area contributed by atoms with E-state index < -0.39 is 23.9 Å². The molecule has 6 heteroatoms. The normalized spacial score (nSPS) is 10.6. The van der Waals surface area contributed by atoms with Crippen molar-refractivity contribution in [2.24, 2.45) is 0 Å². The first kappa shape index (κ1) is 12.5. The number of esters is 1. The van der Waals surface area contributed by atoms with Gasteiger partial charge in [-0.3, -0.25) is 9.78 Å². The van der Waals surface area contributed by atoms with Crippen LogP contribution in [0, 0.1) is 5.82 Å². The van der Waals surface area contributed by atoms with E-state index in [-0.39, 0.29) is 18.6 Å². The van der Waals surface area contributed by atoms with Crippen LogP contribution in [-0.4, -0.2) is 17.6 Å². The van der Waals surface area contributed by atoms with Crippen molar-refractivity contribution in [3.05, 3.63) is 29.3 Å². The summed E-state index contributed by atoms with van der Waals surface area (Å²) >= 11 is 0. The molecule has 16 heavy (non-hydrogen) atoms. The van der Waals surface area contributed by atoms with Crippen LogP contribution in [0.1, 0.15) is 24.6 Å². The van der Waals surface area contributed by atoms with E-state index in [1.54, 1.807) is 6.92 Å². The Hall–Kier alpha value is -1.59. The van der Waals surface area contributed by atoms with Crippen LogP contribution in [0.4, 0.5) is 13.2 Å². The van der Waals surface area contributed by atoms with Crippen LogP contribution in [0.15, 0.2) is 12.3 Å². The zero-order chi connectivity index (χ0) is 12.1. The van der Waals surface area contributed by atoms with Crippen molar-refractivity contribution in [1.29, 1.82) is 0 Å². The lowest BCUT2D eigenvalue weighted by atomic mass is 10.1. The predicted octanol–water partition coefficient (Wildman–Crippen LogP) is 2.26. The molecule has 0 saturated carbocycles. The van der Waals surface area contributed by atoms with Crippen molar-refractivity contribution < 1.29 is 22.7 Å². The summed E-state index contributed by atoms with van der Waals surface area (Å²) in [4.78, 5) is 14.3. The number of rotatable bonds is 4. The van der Waals surface area contributed by atoms with E-state index in [2.05, 4.69) is 9.72 Å². The summed E-state index contributed by atoms with van der Waals surface area (Å²) in [6, 6.07) is 1.18. The Labute approximate surface area is 90.2 Å². The fraction of sp³-hybridized carbons (Fsp3) is 0.400. The molecule has 0 spiro atoms. The van der Waals surface area contributed by atoms with E-state index in [1.807, 2.05) is 0 Å². The minimum absolute atomic E-state index is 0.135. The highest BCUT2D eigenvalue weighted by atomic mass is 19.3. The second kappa shape index (κ2) is 5.48. The van der Waals surface area contributed by atoms with Gasteiger partial charge in [0, 0.05) is 11.8 Å². The monoisotopic (exact) mass is 233 g/mol. The molecule has 0 saturated heterocycles. The molecule has 0 radical (unpaired) electrons. The standard InChI is InChI=1S/C10H10F3NO2/c1-2-16-7(15)5-6-3-4-14-9(8(6)11)10(12)13/h3-4,10H,2,5H2,1H3. The summed E-state index contributed by atoms with van der Waals surface area (Å²) in [7, 11) is 0. The first-order valence-corrected chi connectivity index (χ1v) is 4.63. The predicted molar refractivity (Wildman–Crippen MR) is 49.5 cm³/mol. The van der Waals surface area contributed by atoms with Gasteiger partial charge < -0.3 is 4.74 Å². The molecule has 3 nitrogen and oxygen atoms in total. The van der Waals surface area contributed by atoms with Crippen LogP contribution in [0.2, 0.25) is 0 Å². The van der Waals surface area contributed by atoms with Gasteiger partial charge in [-0.1, -0.05) is 0 Å². The number of carbonyl (C=O) groups excluding carboxylic acids is 1. The lowest BCUT2D eigenvalue weighted by molar-refractivity contribution is -0.142. The molecular weight excluding hydrogens is 223 g/mol. The summed E-state index contributed by atoms with van der Waals surface area (Å²) in [5.74, 6) is -1.81. The zero-order valence-corrected chi connectivity index (χ0v) is 8.54. The van der Waals surface area contributed by atoms with Crippen molar-refractivity contribution in [3.63, 3.8) is 0 Å². The molecule has 1 rings (SSSR count). The SMILES string of the molecule is CCOC(=O)Cc1ccnc(C(F)F)c1F. The lowest BCUT2D eigenvalue weighted by Gasteiger charge is -2.06. The molecule has 1 heterocycles. The maximum atomic E-state index is 13.4. The number of ether oxygens (including phenoxy) is 1. The van der Waals surface area contributed by atoms with Gasteiger partial charge in [-0.15, -0.1) is 0 Å². The van der Waals surface area contributed by atoms with E-state index in [4.69, 9.17) is 0 Å². The highest BCUT2D eigenvalue weighted by Crippen LogP contribution is 2.21. The average Bonchev–Trinajstić information content (AvgIpc) is 2.21. The van der Waals surface area contributed by atoms with Crippen molar-refractivity contribution in [2.45, 2.75) is 19.8 Å². The van der Waals surface area contributed by atoms with Crippen LogP contribution >= 0.6 is 0 Å². The number of hydrogen-bond donors (Lipinski definition) is 0. The Bertz CT molecular complexity index is 382. The molecule has 0 N–H and O–H groups in total. The highest BCUT2D eigenvalue weighted by Gasteiger charge is 2.19. The number of carbonyl (C=O) groups is 1. The second-order valence-corrected chi connectivity index (χ2v) is 2.95. The smallest absolute Gasteiger partial charge is 0.310 e. The summed E-state index contributed by atoms with van der Waals surface area (Å²) in [6.07, 6.45) is -2.33. The molecule has 0 amide bonds. The summed E-state index contributed by atoms with van der Waals surface area (Å²) in [6.45, 7) is 1.76. The molecule has 0 aliphatic heterocycles. The summed E-state index contributed by atoms with van der Waals surface area (Å²) < 4.78 is 42.5. The minimum atomic E-state index is -3.00. The van der Waals surface area contributed by atoms with Crippen molar-refractivity contribution in [1.82, 2.24) is 4.98 Å². The molecule has 1 aromatic rings. The van der Waals surface area contributed by atoms with E-state index in [0.717, 1.165) is 6.20 Å². The molecule has 0 unspecified atom stereocenters. The first-order chi connectivity index (χ1) is 7.56. The quantitative estimate of drug-likeness (QED) is 0.749. The molecule has 88 valence electrons. The van der Waals surface area contributed by atoms with Gasteiger partial charge in [0.15, 0.2) is 5.82 Å². The Morgan fingerprint density at radius 2 is 2.25 bits per heavy atom.